The van der Waals surface area contributed by atoms with Crippen LogP contribution in [0.1, 0.15) is 5.56 Å². The molecule has 0 aromatic heterocycles. The van der Waals surface area contributed by atoms with E-state index in [0.717, 1.165) is 0 Å². The van der Waals surface area contributed by atoms with Gasteiger partial charge < -0.3 is 49.5 Å². The van der Waals surface area contributed by atoms with Crippen LogP contribution in [0, 0.1) is 37.0 Å². The molecule has 0 fully saturated rings. The van der Waals surface area contributed by atoms with Gasteiger partial charge in [-0.05, 0) is 110 Å². The van der Waals surface area contributed by atoms with Crippen LogP contribution in [0.15, 0.2) is 328 Å². The summed E-state index contributed by atoms with van der Waals surface area (Å²) in [5.41, 5.74) is 7.09. The maximum absolute atomic E-state index is 10.7. The Bertz CT molecular complexity index is 3180. The molecule has 0 unspecified atom stereocenters. The zero-order chi connectivity index (χ0) is 67.2. The third-order valence-corrected chi connectivity index (χ3v) is 19.0. The fourth-order valence-electron chi connectivity index (χ4n) is 7.18. The summed E-state index contributed by atoms with van der Waals surface area (Å²) in [4.78, 5) is 7.25. The molecule has 0 aliphatic rings. The average molecular weight is 1450 g/mol. The van der Waals surface area contributed by atoms with E-state index in [1.807, 2.05) is 194 Å². The molecule has 0 aliphatic heterocycles. The van der Waals surface area contributed by atoms with E-state index in [1.165, 1.54) is 32.7 Å². The van der Waals surface area contributed by atoms with E-state index in [1.54, 1.807) is 0 Å². The van der Waals surface area contributed by atoms with Crippen LogP contribution in [0.3, 0.4) is 0 Å². The summed E-state index contributed by atoms with van der Waals surface area (Å²) in [6.07, 6.45) is 0. The van der Waals surface area contributed by atoms with Gasteiger partial charge in [0.25, 0.3) is 0 Å². The molecule has 0 atom stereocenters. The van der Waals surface area contributed by atoms with Crippen molar-refractivity contribution in [3.8, 4) is 34.5 Å². The molecule has 0 saturated heterocycles. The van der Waals surface area contributed by atoms with Crippen LogP contribution in [-0.4, -0.2) is 5.90 Å². The molecular formula is C70H59F6Mn2N2O9P5. The first-order valence-electron chi connectivity index (χ1n) is 26.9. The predicted molar refractivity (Wildman–Crippen MR) is 359 cm³/mol. The molecule has 0 N–H and O–H groups in total. The van der Waals surface area contributed by atoms with Gasteiger partial charge in [-0.25, -0.2) is 12.1 Å². The zero-order valence-electron chi connectivity index (χ0n) is 49.7. The minimum atomic E-state index is -10.7. The molecule has 0 aliphatic carbocycles. The molecule has 0 saturated carbocycles. The van der Waals surface area contributed by atoms with Gasteiger partial charge in [-0.3, -0.25) is 0 Å². The second kappa shape index (κ2) is 46.7. The second-order valence-corrected chi connectivity index (χ2v) is 26.4. The Balaban J connectivity index is 0.000000609. The number of nitrogens with zero attached hydrogens (tertiary/aromatic N) is 2. The first-order valence-corrected chi connectivity index (χ1v) is 34.1. The quantitative estimate of drug-likeness (QED) is 0.0270. The van der Waals surface area contributed by atoms with Gasteiger partial charge in [-0.2, -0.15) is 17.7 Å². The molecule has 2 radical (unpaired) electrons. The van der Waals surface area contributed by atoms with Crippen LogP contribution in [0.2, 0.25) is 0 Å². The molecule has 0 amide bonds. The maximum Gasteiger partial charge on any atom is 2.00 e. The minimum absolute atomic E-state index is 0. The molecule has 11 aromatic carbocycles. The van der Waals surface area contributed by atoms with Crippen molar-refractivity contribution in [1.82, 2.24) is 0 Å². The van der Waals surface area contributed by atoms with Gasteiger partial charge in [0.1, 0.15) is 34.5 Å². The van der Waals surface area contributed by atoms with E-state index in [9.17, 15) is 25.2 Å². The molecule has 11 nitrogen and oxygen atoms in total. The molecule has 0 spiro atoms. The number of para-hydroxylation sites is 6. The minimum Gasteiger partial charge on any atom is -0.577 e. The number of aryl methyl sites for hydroxylation is 1. The number of halogens is 6. The summed E-state index contributed by atoms with van der Waals surface area (Å²) in [5.74, 6) is 5.43. The summed E-state index contributed by atoms with van der Waals surface area (Å²) in [5, 5.41) is 12.1. The monoisotopic (exact) mass is 1450 g/mol. The number of hydrogen-bond donors (Lipinski definition) is 0. The normalized spacial score (nSPS) is 10.4. The SMILES string of the molecule is Cc1ccc[cH-]1.F[P-](F)(F)(F)(F)F.[C-]#N.[C-]#[O+].[C-]#[O+].[Mn+2].[Mn+2].[N-]=O.c1ccc(OP(Oc2ccccc2)Oc2ccccc2)cc1.c1ccc(OP(Oc2ccccc2)Oc2ccccc2)cc1.c1ccc(P(CP(c2ccccc2)c2ccccc2)c2ccccc2)cc1. The van der Waals surface area contributed by atoms with Crippen LogP contribution in [-0.2, 0) is 43.4 Å². The van der Waals surface area contributed by atoms with Crippen LogP contribution in [0.5, 0.6) is 34.5 Å². The Morgan fingerprint density at radius 3 is 0.628 bits per heavy atom. The fourth-order valence-corrected chi connectivity index (χ4v) is 15.6. The Labute approximate surface area is 570 Å². The first kappa shape index (κ1) is 83.7. The largest absolute Gasteiger partial charge is 2.00 e. The van der Waals surface area contributed by atoms with Gasteiger partial charge in [0.05, 0.1) is 0 Å². The summed E-state index contributed by atoms with van der Waals surface area (Å²) in [7, 11) is -14.7. The molecule has 11 aromatic rings. The van der Waals surface area contributed by atoms with Crippen molar-refractivity contribution >= 4 is 62.1 Å². The average Bonchev–Trinajstić information content (AvgIpc) is 1.02. The maximum atomic E-state index is 9.87. The van der Waals surface area contributed by atoms with E-state index in [2.05, 4.69) is 154 Å². The van der Waals surface area contributed by atoms with E-state index >= 15 is 0 Å². The van der Waals surface area contributed by atoms with Crippen molar-refractivity contribution in [2.45, 2.75) is 6.92 Å². The summed E-state index contributed by atoms with van der Waals surface area (Å²) >= 11 is 0. The number of nitroso groups, excluding NO2 is 1. The fraction of sp³-hybridized carbons (Fsp3) is 0.0286. The Hall–Kier alpha value is -8.31. The summed E-state index contributed by atoms with van der Waals surface area (Å²) in [6, 6.07) is 109. The van der Waals surface area contributed by atoms with Crippen molar-refractivity contribution in [3.63, 3.8) is 0 Å². The molecular weight excluding hydrogens is 1390 g/mol. The summed E-state index contributed by atoms with van der Waals surface area (Å²) < 4.78 is 109. The first-order chi connectivity index (χ1) is 44.6. The third-order valence-electron chi connectivity index (χ3n) is 10.9. The van der Waals surface area contributed by atoms with Crippen molar-refractivity contribution in [1.29, 1.82) is 5.26 Å². The summed E-state index contributed by atoms with van der Waals surface area (Å²) in [6.45, 7) is 15.8. The molecule has 0 heterocycles. The van der Waals surface area contributed by atoms with E-state index in [0.29, 0.717) is 34.5 Å². The van der Waals surface area contributed by atoms with Gasteiger partial charge in [0.2, 0.25) is 0 Å². The van der Waals surface area contributed by atoms with Gasteiger partial charge in [0, 0.05) is 5.90 Å². The van der Waals surface area contributed by atoms with Gasteiger partial charge in [-0.15, -0.1) is 0 Å². The van der Waals surface area contributed by atoms with Crippen LogP contribution >= 0.6 is 40.9 Å². The predicted octanol–water partition coefficient (Wildman–Crippen LogP) is 21.5. The Morgan fingerprint density at radius 2 is 0.500 bits per heavy atom. The van der Waals surface area contributed by atoms with Crippen molar-refractivity contribution in [2.24, 2.45) is 0 Å². The smallest absolute Gasteiger partial charge is 0.577 e. The van der Waals surface area contributed by atoms with E-state index in [-0.39, 0.29) is 34.1 Å². The van der Waals surface area contributed by atoms with Gasteiger partial charge in [0.15, 0.2) is 0 Å². The van der Waals surface area contributed by atoms with Crippen molar-refractivity contribution in [3.05, 3.63) is 364 Å². The standard InChI is InChI=1S/C25H22P2.2C18H15O3P.C6H7.CN.2CO.F6P.2Mn.NO/c1-5-13-22(14-6-1)26(23-15-7-2-8-16-23)21-27(24-17-9-3-10-18-24)25-19-11-4-12-20-25;2*1-4-10-16(11-5-1)19-22(20-17-12-6-2-7-13-17)21-18-14-8-3-9-15-18;1-6-4-2-3-5-6;3*1-2;1-7(2,3,4,5)6;;;1-2/h1-20H,21H2;2*1-15H;2-5H,1H3;;;;;;;/q;;;2*-1;;;-1;2*+2;-1. The molecule has 24 heteroatoms. The van der Waals surface area contributed by atoms with Gasteiger partial charge >= 0.3 is 107 Å². The zero-order valence-corrected chi connectivity index (χ0v) is 56.5. The molecule has 94 heavy (non-hydrogen) atoms. The van der Waals surface area contributed by atoms with E-state index < -0.39 is 40.9 Å². The van der Waals surface area contributed by atoms with Crippen LogP contribution in [0.4, 0.5) is 25.2 Å². The molecule has 11 rings (SSSR count). The Kier molecular flexibility index (Phi) is 41.6. The van der Waals surface area contributed by atoms with Crippen LogP contribution in [0.25, 0.3) is 5.59 Å². The number of hydrogen-bond acceptors (Lipinski definition) is 8. The number of benzene rings is 10. The topological polar surface area (TPSA) is 158 Å². The van der Waals surface area contributed by atoms with Gasteiger partial charge in [-0.1, -0.05) is 237 Å². The van der Waals surface area contributed by atoms with Crippen molar-refractivity contribution < 1.29 is 95.8 Å². The second-order valence-electron chi connectivity index (χ2n) is 17.6. The molecule has 0 bridgehead atoms. The van der Waals surface area contributed by atoms with Crippen LogP contribution < -0.4 is 48.4 Å². The van der Waals surface area contributed by atoms with Crippen molar-refractivity contribution in [2.75, 3.05) is 5.90 Å². The number of rotatable bonds is 18. The molecule has 484 valence electrons. The third kappa shape index (κ3) is 38.0. The van der Waals surface area contributed by atoms with E-state index in [4.69, 9.17) is 58.8 Å². The Morgan fingerprint density at radius 1 is 0.340 bits per heavy atom.